The summed E-state index contributed by atoms with van der Waals surface area (Å²) >= 11 is 0. The Morgan fingerprint density at radius 2 is 0.885 bits per heavy atom. The lowest BCUT2D eigenvalue weighted by Gasteiger charge is -2.21. The molecule has 2 heterocycles. The number of rotatable bonds is 5. The zero-order chi connectivity index (χ0) is 34.8. The first-order valence-corrected chi connectivity index (χ1v) is 17.7. The van der Waals surface area contributed by atoms with Crippen LogP contribution in [0.15, 0.2) is 168 Å². The predicted molar refractivity (Wildman–Crippen MR) is 212 cm³/mol. The summed E-state index contributed by atoms with van der Waals surface area (Å²) < 4.78 is 6.47. The molecule has 0 bridgehead atoms. The van der Waals surface area contributed by atoms with Crippen molar-refractivity contribution >= 4 is 21.9 Å². The lowest BCUT2D eigenvalue weighted by Crippen LogP contribution is -2.14. The number of fused-ring (bicyclic) bond motifs is 6. The number of benzene rings is 7. The van der Waals surface area contributed by atoms with Gasteiger partial charge in [0.25, 0.3) is 0 Å². The molecule has 4 heteroatoms. The van der Waals surface area contributed by atoms with E-state index in [9.17, 15) is 0 Å². The molecule has 0 N–H and O–H groups in total. The molecule has 0 saturated carbocycles. The summed E-state index contributed by atoms with van der Waals surface area (Å²) in [6.07, 6.45) is 0. The van der Waals surface area contributed by atoms with Crippen LogP contribution < -0.4 is 0 Å². The zero-order valence-corrected chi connectivity index (χ0v) is 28.8. The van der Waals surface area contributed by atoms with Gasteiger partial charge in [-0.05, 0) is 74.8 Å². The van der Waals surface area contributed by atoms with Crippen LogP contribution in [-0.4, -0.2) is 15.0 Å². The monoisotopic (exact) mass is 667 g/mol. The Hall–Kier alpha value is -6.65. The topological polar surface area (TPSA) is 51.8 Å². The summed E-state index contributed by atoms with van der Waals surface area (Å²) in [4.78, 5) is 15.0. The number of aromatic nitrogens is 3. The lowest BCUT2D eigenvalue weighted by molar-refractivity contribution is 0.647. The Morgan fingerprint density at radius 1 is 0.365 bits per heavy atom. The van der Waals surface area contributed by atoms with Gasteiger partial charge in [-0.3, -0.25) is 0 Å². The van der Waals surface area contributed by atoms with Gasteiger partial charge < -0.3 is 4.42 Å². The SMILES string of the molecule is CC1(C)c2ccccc2-c2cc3c(cc21)oc1ccc(-c2cccc(-c4nc(-c5ccccc5)nc(-c5ccc(-c6ccccc6)cc5)n4)c2)cc13. The normalized spacial score (nSPS) is 13.0. The first-order valence-electron chi connectivity index (χ1n) is 17.7. The van der Waals surface area contributed by atoms with E-state index in [1.807, 2.05) is 36.4 Å². The molecule has 0 spiro atoms. The van der Waals surface area contributed by atoms with Crippen molar-refractivity contribution in [3.05, 3.63) is 175 Å². The van der Waals surface area contributed by atoms with Gasteiger partial charge in [-0.15, -0.1) is 0 Å². The summed E-state index contributed by atoms with van der Waals surface area (Å²) in [5.74, 6) is 1.91. The van der Waals surface area contributed by atoms with Gasteiger partial charge in [-0.2, -0.15) is 0 Å². The zero-order valence-electron chi connectivity index (χ0n) is 28.8. The molecule has 7 aromatic carbocycles. The van der Waals surface area contributed by atoms with E-state index in [2.05, 4.69) is 141 Å². The maximum Gasteiger partial charge on any atom is 0.164 e. The van der Waals surface area contributed by atoms with Crippen LogP contribution in [0.25, 0.3) is 89.5 Å². The molecule has 10 rings (SSSR count). The average molecular weight is 668 g/mol. The van der Waals surface area contributed by atoms with E-state index in [4.69, 9.17) is 19.4 Å². The molecular weight excluding hydrogens is 635 g/mol. The Kier molecular flexibility index (Phi) is 6.80. The Balaban J connectivity index is 1.06. The third-order valence-electron chi connectivity index (χ3n) is 10.5. The minimum absolute atomic E-state index is 0.0778. The van der Waals surface area contributed by atoms with E-state index in [-0.39, 0.29) is 5.41 Å². The van der Waals surface area contributed by atoms with Crippen LogP contribution >= 0.6 is 0 Å². The molecule has 0 amide bonds. The second kappa shape index (κ2) is 11.7. The Morgan fingerprint density at radius 3 is 1.63 bits per heavy atom. The van der Waals surface area contributed by atoms with Crippen molar-refractivity contribution in [3.63, 3.8) is 0 Å². The minimum Gasteiger partial charge on any atom is -0.456 e. The van der Waals surface area contributed by atoms with E-state index in [1.54, 1.807) is 0 Å². The van der Waals surface area contributed by atoms with Gasteiger partial charge in [0, 0.05) is 32.9 Å². The molecule has 0 fully saturated rings. The first-order chi connectivity index (χ1) is 25.5. The fraction of sp³-hybridized carbons (Fsp3) is 0.0625. The van der Waals surface area contributed by atoms with Crippen LogP contribution in [-0.2, 0) is 5.41 Å². The van der Waals surface area contributed by atoms with E-state index in [0.717, 1.165) is 55.3 Å². The molecule has 1 aliphatic rings. The largest absolute Gasteiger partial charge is 0.456 e. The summed E-state index contributed by atoms with van der Waals surface area (Å²) in [6.45, 7) is 4.61. The first kappa shape index (κ1) is 30.2. The van der Waals surface area contributed by atoms with Crippen molar-refractivity contribution in [2.45, 2.75) is 19.3 Å². The minimum atomic E-state index is -0.0778. The third-order valence-corrected chi connectivity index (χ3v) is 10.5. The molecule has 4 nitrogen and oxygen atoms in total. The summed E-state index contributed by atoms with van der Waals surface area (Å²) in [6, 6.07) is 57.2. The maximum absolute atomic E-state index is 6.47. The number of furan rings is 1. The van der Waals surface area contributed by atoms with Crippen molar-refractivity contribution in [3.8, 4) is 67.5 Å². The third kappa shape index (κ3) is 4.95. The highest BCUT2D eigenvalue weighted by Crippen LogP contribution is 2.50. The standard InChI is InChI=1S/C48H33N3O/c1-48(2)41-19-10-9-18-37(41)38-28-40-39-27-35(24-25-43(39)52-44(40)29-42(38)48)34-16-11-17-36(26-34)47-50-45(32-14-7-4-8-15-32)49-46(51-47)33-22-20-31(21-23-33)30-12-5-3-6-13-30/h3-29H,1-2H3. The van der Waals surface area contributed by atoms with Gasteiger partial charge in [-0.1, -0.05) is 147 Å². The van der Waals surface area contributed by atoms with Crippen molar-refractivity contribution in [1.29, 1.82) is 0 Å². The summed E-state index contributed by atoms with van der Waals surface area (Å²) in [7, 11) is 0. The predicted octanol–water partition coefficient (Wildman–Crippen LogP) is 12.4. The van der Waals surface area contributed by atoms with Gasteiger partial charge >= 0.3 is 0 Å². The van der Waals surface area contributed by atoms with Crippen LogP contribution in [0.1, 0.15) is 25.0 Å². The molecule has 0 aliphatic heterocycles. The molecule has 2 aromatic heterocycles. The van der Waals surface area contributed by atoms with Crippen LogP contribution in [0.4, 0.5) is 0 Å². The fourth-order valence-electron chi connectivity index (χ4n) is 7.78. The maximum atomic E-state index is 6.47. The van der Waals surface area contributed by atoms with Crippen molar-refractivity contribution < 1.29 is 4.42 Å². The second-order valence-corrected chi connectivity index (χ2v) is 14.1. The molecule has 0 atom stereocenters. The molecule has 1 aliphatic carbocycles. The van der Waals surface area contributed by atoms with E-state index in [1.165, 1.54) is 27.8 Å². The molecule has 52 heavy (non-hydrogen) atoms. The van der Waals surface area contributed by atoms with E-state index >= 15 is 0 Å². The van der Waals surface area contributed by atoms with Crippen LogP contribution in [0.3, 0.4) is 0 Å². The molecular formula is C48H33N3O. The van der Waals surface area contributed by atoms with Crippen molar-refractivity contribution in [2.75, 3.05) is 0 Å². The summed E-state index contributed by atoms with van der Waals surface area (Å²) in [5.41, 5.74) is 14.3. The highest BCUT2D eigenvalue weighted by molar-refractivity contribution is 6.09. The highest BCUT2D eigenvalue weighted by atomic mass is 16.3. The van der Waals surface area contributed by atoms with Crippen LogP contribution in [0, 0.1) is 0 Å². The van der Waals surface area contributed by atoms with Crippen molar-refractivity contribution in [1.82, 2.24) is 15.0 Å². The van der Waals surface area contributed by atoms with Gasteiger partial charge in [0.1, 0.15) is 11.2 Å². The fourth-order valence-corrected chi connectivity index (χ4v) is 7.78. The lowest BCUT2D eigenvalue weighted by atomic mass is 9.82. The molecule has 0 saturated heterocycles. The number of hydrogen-bond donors (Lipinski definition) is 0. The smallest absolute Gasteiger partial charge is 0.164 e. The highest BCUT2D eigenvalue weighted by Gasteiger charge is 2.36. The average Bonchev–Trinajstić information content (AvgIpc) is 3.68. The molecule has 9 aromatic rings. The van der Waals surface area contributed by atoms with Crippen molar-refractivity contribution in [2.24, 2.45) is 0 Å². The van der Waals surface area contributed by atoms with Crippen LogP contribution in [0.2, 0.25) is 0 Å². The molecule has 0 unspecified atom stereocenters. The molecule has 246 valence electrons. The molecule has 0 radical (unpaired) electrons. The summed E-state index contributed by atoms with van der Waals surface area (Å²) in [5, 5.41) is 2.24. The second-order valence-electron chi connectivity index (χ2n) is 14.1. The van der Waals surface area contributed by atoms with Gasteiger partial charge in [0.15, 0.2) is 17.5 Å². The van der Waals surface area contributed by atoms with E-state index in [0.29, 0.717) is 17.5 Å². The van der Waals surface area contributed by atoms with Gasteiger partial charge in [0.2, 0.25) is 0 Å². The van der Waals surface area contributed by atoms with Crippen LogP contribution in [0.5, 0.6) is 0 Å². The number of hydrogen-bond acceptors (Lipinski definition) is 4. The number of nitrogens with zero attached hydrogens (tertiary/aromatic N) is 3. The Bertz CT molecular complexity index is 2800. The van der Waals surface area contributed by atoms with E-state index < -0.39 is 0 Å². The van der Waals surface area contributed by atoms with Gasteiger partial charge in [0.05, 0.1) is 0 Å². The quantitative estimate of drug-likeness (QED) is 0.183. The Labute approximate surface area is 302 Å². The van der Waals surface area contributed by atoms with Gasteiger partial charge in [-0.25, -0.2) is 15.0 Å².